The maximum Gasteiger partial charge on any atom is 0.271 e. The lowest BCUT2D eigenvalue weighted by atomic mass is 10.1. The minimum Gasteiger partial charge on any atom is -0.378 e. The number of aromatic nitrogens is 2. The van der Waals surface area contributed by atoms with E-state index in [0.29, 0.717) is 22.4 Å². The summed E-state index contributed by atoms with van der Waals surface area (Å²) in [5.41, 5.74) is 3.38. The van der Waals surface area contributed by atoms with Crippen molar-refractivity contribution in [2.45, 2.75) is 6.04 Å². The molecule has 0 aliphatic heterocycles. The number of H-pyrrole nitrogens is 1. The number of anilines is 1. The van der Waals surface area contributed by atoms with Crippen LogP contribution in [0.25, 0.3) is 11.0 Å². The smallest absolute Gasteiger partial charge is 0.271 e. The first-order valence-corrected chi connectivity index (χ1v) is 9.69. The van der Waals surface area contributed by atoms with Crippen LogP contribution < -0.4 is 10.2 Å². The van der Waals surface area contributed by atoms with Crippen molar-refractivity contribution < 1.29 is 9.72 Å². The van der Waals surface area contributed by atoms with Crippen molar-refractivity contribution in [1.82, 2.24) is 15.3 Å². The lowest BCUT2D eigenvalue weighted by molar-refractivity contribution is -0.384. The quantitative estimate of drug-likeness (QED) is 0.365. The summed E-state index contributed by atoms with van der Waals surface area (Å²) < 4.78 is 0. The van der Waals surface area contributed by atoms with Gasteiger partial charge in [-0.05, 0) is 29.8 Å². The first kappa shape index (κ1) is 20.1. The van der Waals surface area contributed by atoms with Gasteiger partial charge in [-0.1, -0.05) is 36.4 Å². The number of nitro groups is 1. The zero-order chi connectivity index (χ0) is 22.0. The second kappa shape index (κ2) is 8.27. The van der Waals surface area contributed by atoms with Gasteiger partial charge in [-0.15, -0.1) is 0 Å². The minimum atomic E-state index is -0.553. The SMILES string of the molecule is CN(C)c1cccc(C(=O)NC(c2ccccc2)c2nc3ccc([N+](=O)[O-])cc3[nH]2)c1. The Morgan fingerprint density at radius 2 is 1.84 bits per heavy atom. The Labute approximate surface area is 178 Å². The van der Waals surface area contributed by atoms with Gasteiger partial charge in [0.1, 0.15) is 11.9 Å². The van der Waals surface area contributed by atoms with Crippen LogP contribution in [0, 0.1) is 10.1 Å². The molecule has 0 aliphatic rings. The fourth-order valence-corrected chi connectivity index (χ4v) is 3.36. The van der Waals surface area contributed by atoms with E-state index in [2.05, 4.69) is 15.3 Å². The molecule has 0 spiro atoms. The predicted octanol–water partition coefficient (Wildman–Crippen LogP) is 4.06. The summed E-state index contributed by atoms with van der Waals surface area (Å²) in [5.74, 6) is 0.253. The van der Waals surface area contributed by atoms with Crippen molar-refractivity contribution in [2.75, 3.05) is 19.0 Å². The lowest BCUT2D eigenvalue weighted by Crippen LogP contribution is -2.30. The highest BCUT2D eigenvalue weighted by molar-refractivity contribution is 5.95. The van der Waals surface area contributed by atoms with Gasteiger partial charge in [0.2, 0.25) is 0 Å². The van der Waals surface area contributed by atoms with Crippen molar-refractivity contribution in [3.63, 3.8) is 0 Å². The number of hydrogen-bond donors (Lipinski definition) is 2. The molecule has 2 N–H and O–H groups in total. The number of nitrogens with zero attached hydrogens (tertiary/aromatic N) is 3. The molecule has 0 radical (unpaired) electrons. The van der Waals surface area contributed by atoms with E-state index in [9.17, 15) is 14.9 Å². The molecule has 4 aromatic rings. The fourth-order valence-electron chi connectivity index (χ4n) is 3.36. The van der Waals surface area contributed by atoms with Gasteiger partial charge >= 0.3 is 0 Å². The number of benzene rings is 3. The van der Waals surface area contributed by atoms with Crippen LogP contribution >= 0.6 is 0 Å². The number of nitrogens with one attached hydrogen (secondary N) is 2. The average Bonchev–Trinajstić information content (AvgIpc) is 3.21. The monoisotopic (exact) mass is 415 g/mol. The predicted molar refractivity (Wildman–Crippen MR) is 119 cm³/mol. The first-order chi connectivity index (χ1) is 14.9. The maximum absolute atomic E-state index is 13.1. The van der Waals surface area contributed by atoms with Crippen LogP contribution in [0.15, 0.2) is 72.8 Å². The molecule has 3 aromatic carbocycles. The molecule has 0 saturated heterocycles. The Morgan fingerprint density at radius 3 is 2.55 bits per heavy atom. The largest absolute Gasteiger partial charge is 0.378 e. The van der Waals surface area contributed by atoms with Crippen LogP contribution in [-0.4, -0.2) is 34.9 Å². The van der Waals surface area contributed by atoms with Gasteiger partial charge in [0, 0.05) is 37.5 Å². The summed E-state index contributed by atoms with van der Waals surface area (Å²) >= 11 is 0. The zero-order valence-corrected chi connectivity index (χ0v) is 17.1. The van der Waals surface area contributed by atoms with Crippen LogP contribution in [0.3, 0.4) is 0 Å². The highest BCUT2D eigenvalue weighted by Crippen LogP contribution is 2.25. The van der Waals surface area contributed by atoms with Gasteiger partial charge in [0.05, 0.1) is 16.0 Å². The van der Waals surface area contributed by atoms with Crippen LogP contribution in [0.5, 0.6) is 0 Å². The number of carbonyl (C=O) groups excluding carboxylic acids is 1. The first-order valence-electron chi connectivity index (χ1n) is 9.69. The third kappa shape index (κ3) is 4.23. The Balaban J connectivity index is 1.72. The Hall–Kier alpha value is -4.20. The molecule has 1 amide bonds. The number of amides is 1. The standard InChI is InChI=1S/C23H21N5O3/c1-27(2)17-10-6-9-16(13-17)23(29)26-21(15-7-4-3-5-8-15)22-24-19-12-11-18(28(30)31)14-20(19)25-22/h3-14,21H,1-2H3,(H,24,25)(H,26,29). The third-order valence-electron chi connectivity index (χ3n) is 5.00. The van der Waals surface area contributed by atoms with Gasteiger partial charge < -0.3 is 15.2 Å². The van der Waals surface area contributed by atoms with E-state index in [1.165, 1.54) is 12.1 Å². The average molecular weight is 415 g/mol. The molecule has 0 saturated carbocycles. The van der Waals surface area contributed by atoms with Gasteiger partial charge in [-0.25, -0.2) is 4.98 Å². The van der Waals surface area contributed by atoms with E-state index in [1.807, 2.05) is 67.5 Å². The molecular weight excluding hydrogens is 394 g/mol. The van der Waals surface area contributed by atoms with E-state index in [0.717, 1.165) is 11.3 Å². The summed E-state index contributed by atoms with van der Waals surface area (Å²) in [6.45, 7) is 0. The Morgan fingerprint density at radius 1 is 1.06 bits per heavy atom. The number of non-ortho nitro benzene ring substituents is 1. The number of nitro benzene ring substituents is 1. The number of rotatable bonds is 6. The van der Waals surface area contributed by atoms with E-state index >= 15 is 0 Å². The fraction of sp³-hybridized carbons (Fsp3) is 0.130. The normalized spacial score (nSPS) is 11.8. The van der Waals surface area contributed by atoms with Crippen LogP contribution in [-0.2, 0) is 0 Å². The van der Waals surface area contributed by atoms with Crippen LogP contribution in [0.2, 0.25) is 0 Å². The summed E-state index contributed by atoms with van der Waals surface area (Å²) in [7, 11) is 3.83. The van der Waals surface area contributed by atoms with Crippen molar-refractivity contribution in [3.05, 3.63) is 99.9 Å². The molecule has 1 aromatic heterocycles. The number of aromatic amines is 1. The number of carbonyl (C=O) groups is 1. The molecule has 0 aliphatic carbocycles. The van der Waals surface area contributed by atoms with Gasteiger partial charge in [-0.3, -0.25) is 14.9 Å². The van der Waals surface area contributed by atoms with Gasteiger partial charge in [-0.2, -0.15) is 0 Å². The Bertz CT molecular complexity index is 1250. The third-order valence-corrected chi connectivity index (χ3v) is 5.00. The number of fused-ring (bicyclic) bond motifs is 1. The van der Waals surface area contributed by atoms with E-state index in [-0.39, 0.29) is 11.6 Å². The molecule has 8 heteroatoms. The minimum absolute atomic E-state index is 0.0245. The van der Waals surface area contributed by atoms with Crippen molar-refractivity contribution in [2.24, 2.45) is 0 Å². The summed E-state index contributed by atoms with van der Waals surface area (Å²) in [4.78, 5) is 33.4. The summed E-state index contributed by atoms with van der Waals surface area (Å²) in [6, 6.07) is 20.7. The second-order valence-electron chi connectivity index (χ2n) is 7.34. The van der Waals surface area contributed by atoms with E-state index in [4.69, 9.17) is 0 Å². The molecule has 8 nitrogen and oxygen atoms in total. The molecule has 0 fully saturated rings. The second-order valence-corrected chi connectivity index (χ2v) is 7.34. The summed E-state index contributed by atoms with van der Waals surface area (Å²) in [6.07, 6.45) is 0. The highest BCUT2D eigenvalue weighted by atomic mass is 16.6. The number of imidazole rings is 1. The maximum atomic E-state index is 13.1. The molecule has 4 rings (SSSR count). The molecule has 156 valence electrons. The molecule has 1 heterocycles. The van der Waals surface area contributed by atoms with Crippen molar-refractivity contribution in [1.29, 1.82) is 0 Å². The van der Waals surface area contributed by atoms with Gasteiger partial charge in [0.15, 0.2) is 0 Å². The van der Waals surface area contributed by atoms with Crippen LogP contribution in [0.4, 0.5) is 11.4 Å². The number of hydrogen-bond acceptors (Lipinski definition) is 5. The van der Waals surface area contributed by atoms with Crippen LogP contribution in [0.1, 0.15) is 27.8 Å². The van der Waals surface area contributed by atoms with Gasteiger partial charge in [0.25, 0.3) is 11.6 Å². The van der Waals surface area contributed by atoms with E-state index in [1.54, 1.807) is 12.1 Å². The van der Waals surface area contributed by atoms with E-state index < -0.39 is 11.0 Å². The van der Waals surface area contributed by atoms with Crippen molar-refractivity contribution >= 4 is 28.3 Å². The topological polar surface area (TPSA) is 104 Å². The van der Waals surface area contributed by atoms with Crippen molar-refractivity contribution in [3.8, 4) is 0 Å². The zero-order valence-electron chi connectivity index (χ0n) is 17.1. The molecule has 0 bridgehead atoms. The lowest BCUT2D eigenvalue weighted by Gasteiger charge is -2.18. The summed E-state index contributed by atoms with van der Waals surface area (Å²) in [5, 5.41) is 14.1. The Kier molecular flexibility index (Phi) is 5.36. The molecule has 1 atom stereocenters. The highest BCUT2D eigenvalue weighted by Gasteiger charge is 2.22. The molecule has 1 unspecified atom stereocenters. The molecule has 31 heavy (non-hydrogen) atoms. The molecular formula is C23H21N5O3.